The third kappa shape index (κ3) is 3.90. The van der Waals surface area contributed by atoms with Crippen LogP contribution in [0, 0.1) is 6.92 Å². The zero-order chi connectivity index (χ0) is 21.3. The summed E-state index contributed by atoms with van der Waals surface area (Å²) < 4.78 is 0. The lowest BCUT2D eigenvalue weighted by atomic mass is 9.96. The first-order chi connectivity index (χ1) is 14.4. The fourth-order valence-electron chi connectivity index (χ4n) is 3.34. The highest BCUT2D eigenvalue weighted by Crippen LogP contribution is 2.28. The van der Waals surface area contributed by atoms with Gasteiger partial charge in [-0.2, -0.15) is 0 Å². The molecule has 0 unspecified atom stereocenters. The van der Waals surface area contributed by atoms with Crippen LogP contribution < -0.4 is 10.2 Å². The quantitative estimate of drug-likeness (QED) is 0.354. The highest BCUT2D eigenvalue weighted by molar-refractivity contribution is 7.80. The monoisotopic (exact) mass is 432 g/mol. The highest BCUT2D eigenvalue weighted by atomic mass is 35.5. The number of rotatable bonds is 3. The first kappa shape index (κ1) is 20.0. The van der Waals surface area contributed by atoms with Crippen molar-refractivity contribution in [1.29, 1.82) is 0 Å². The Labute approximate surface area is 184 Å². The molecule has 0 aliphatic carbocycles. The number of thiocarbonyl (C=S) groups is 1. The van der Waals surface area contributed by atoms with E-state index in [0.29, 0.717) is 10.7 Å². The van der Waals surface area contributed by atoms with Gasteiger partial charge < -0.3 is 0 Å². The van der Waals surface area contributed by atoms with Gasteiger partial charge in [0.2, 0.25) is 0 Å². The van der Waals surface area contributed by atoms with Crippen molar-refractivity contribution in [3.63, 3.8) is 0 Å². The van der Waals surface area contributed by atoms with Crippen LogP contribution in [0.5, 0.6) is 0 Å². The third-order valence-corrected chi connectivity index (χ3v) is 5.31. The average Bonchev–Trinajstić information content (AvgIpc) is 2.72. The van der Waals surface area contributed by atoms with E-state index >= 15 is 0 Å². The fraction of sp³-hybridized carbons (Fsp3) is 0.0417. The molecule has 1 saturated heterocycles. The van der Waals surface area contributed by atoms with Gasteiger partial charge in [0.15, 0.2) is 5.11 Å². The molecule has 3 aromatic carbocycles. The smallest absolute Gasteiger partial charge is 0.270 e. The van der Waals surface area contributed by atoms with Crippen LogP contribution in [0.25, 0.3) is 17.2 Å². The largest absolute Gasteiger partial charge is 0.298 e. The Balaban J connectivity index is 1.78. The van der Waals surface area contributed by atoms with Gasteiger partial charge in [-0.05, 0) is 66.2 Å². The number of aryl methyl sites for hydroxylation is 1. The summed E-state index contributed by atoms with van der Waals surface area (Å²) in [6.45, 7) is 2.02. The van der Waals surface area contributed by atoms with Crippen LogP contribution in [0.15, 0.2) is 78.4 Å². The van der Waals surface area contributed by atoms with Gasteiger partial charge in [0, 0.05) is 5.02 Å². The zero-order valence-electron chi connectivity index (χ0n) is 16.1. The molecule has 4 nitrogen and oxygen atoms in total. The molecule has 148 valence electrons. The molecule has 30 heavy (non-hydrogen) atoms. The van der Waals surface area contributed by atoms with Gasteiger partial charge in [0.25, 0.3) is 11.8 Å². The van der Waals surface area contributed by atoms with Crippen molar-refractivity contribution >= 4 is 52.5 Å². The number of benzene rings is 3. The normalized spacial score (nSPS) is 15.5. The molecule has 2 amide bonds. The number of hydrogen-bond acceptors (Lipinski definition) is 3. The minimum atomic E-state index is -0.519. The van der Waals surface area contributed by atoms with Crippen molar-refractivity contribution < 1.29 is 9.59 Å². The van der Waals surface area contributed by atoms with Gasteiger partial charge in [-0.15, -0.1) is 0 Å². The van der Waals surface area contributed by atoms with E-state index in [0.717, 1.165) is 22.3 Å². The van der Waals surface area contributed by atoms with E-state index in [-0.39, 0.29) is 10.7 Å². The van der Waals surface area contributed by atoms with Gasteiger partial charge in [-0.3, -0.25) is 19.8 Å². The number of nitrogens with one attached hydrogen (secondary N) is 1. The molecule has 0 bridgehead atoms. The minimum absolute atomic E-state index is 0.0126. The van der Waals surface area contributed by atoms with Crippen LogP contribution in [0.1, 0.15) is 11.1 Å². The van der Waals surface area contributed by atoms with E-state index in [9.17, 15) is 9.59 Å². The molecule has 0 aromatic heterocycles. The lowest BCUT2D eigenvalue weighted by Gasteiger charge is -2.29. The second-order valence-electron chi connectivity index (χ2n) is 6.89. The fourth-order valence-corrected chi connectivity index (χ4v) is 3.74. The van der Waals surface area contributed by atoms with E-state index in [1.165, 1.54) is 4.90 Å². The number of anilines is 1. The molecule has 1 aliphatic rings. The van der Waals surface area contributed by atoms with E-state index in [1.54, 1.807) is 30.3 Å². The van der Waals surface area contributed by atoms with Gasteiger partial charge in [0.1, 0.15) is 5.57 Å². The summed E-state index contributed by atoms with van der Waals surface area (Å²) in [4.78, 5) is 27.1. The van der Waals surface area contributed by atoms with Crippen LogP contribution in [-0.4, -0.2) is 16.9 Å². The van der Waals surface area contributed by atoms with Crippen molar-refractivity contribution in [3.05, 3.63) is 94.5 Å². The minimum Gasteiger partial charge on any atom is -0.298 e. The second kappa shape index (κ2) is 8.22. The number of carbonyl (C=O) groups excluding carboxylic acids is 2. The number of nitrogens with zero attached hydrogens (tertiary/aromatic N) is 1. The second-order valence-corrected chi connectivity index (χ2v) is 7.71. The maximum atomic E-state index is 13.2. The van der Waals surface area contributed by atoms with Crippen LogP contribution in [0.2, 0.25) is 5.02 Å². The Kier molecular flexibility index (Phi) is 5.48. The molecule has 1 N–H and O–H groups in total. The number of carbonyl (C=O) groups is 2. The Morgan fingerprint density at radius 1 is 0.967 bits per heavy atom. The van der Waals surface area contributed by atoms with Crippen LogP contribution in [0.3, 0.4) is 0 Å². The summed E-state index contributed by atoms with van der Waals surface area (Å²) in [6.07, 6.45) is 1.61. The molecule has 0 radical (unpaired) electrons. The number of halogens is 1. The van der Waals surface area contributed by atoms with Crippen molar-refractivity contribution in [1.82, 2.24) is 5.32 Å². The molecule has 1 fully saturated rings. The molecule has 0 saturated carbocycles. The van der Waals surface area contributed by atoms with E-state index < -0.39 is 11.8 Å². The van der Waals surface area contributed by atoms with Gasteiger partial charge in [0.05, 0.1) is 5.69 Å². The highest BCUT2D eigenvalue weighted by Gasteiger charge is 2.34. The first-order valence-electron chi connectivity index (χ1n) is 9.27. The van der Waals surface area contributed by atoms with Crippen LogP contribution in [-0.2, 0) is 9.59 Å². The van der Waals surface area contributed by atoms with Crippen LogP contribution in [0.4, 0.5) is 5.69 Å². The molecule has 1 aliphatic heterocycles. The predicted octanol–water partition coefficient (Wildman–Crippen LogP) is 5.15. The Bertz CT molecular complexity index is 1200. The van der Waals surface area contributed by atoms with Gasteiger partial charge >= 0.3 is 0 Å². The van der Waals surface area contributed by atoms with Crippen molar-refractivity contribution in [2.45, 2.75) is 6.92 Å². The van der Waals surface area contributed by atoms with Crippen molar-refractivity contribution in [3.8, 4) is 11.1 Å². The molecular formula is C24H17ClN2O2S. The number of amides is 2. The molecule has 0 atom stereocenters. The molecule has 3 aromatic rings. The summed E-state index contributed by atoms with van der Waals surface area (Å²) in [7, 11) is 0. The summed E-state index contributed by atoms with van der Waals surface area (Å²) in [5, 5.41) is 3.19. The topological polar surface area (TPSA) is 49.4 Å². The van der Waals surface area contributed by atoms with Crippen LogP contribution >= 0.6 is 23.8 Å². The third-order valence-electron chi connectivity index (χ3n) is 4.78. The standard InChI is InChI=1S/C24H17ClN2O2S/c1-15-5-4-7-16(13-15)20-8-3-2-6-17(20)14-21-22(28)26-24(30)27(23(21)29)19-11-9-18(25)10-12-19/h2-14H,1H3,(H,26,28,30)/b21-14-. The average molecular weight is 433 g/mol. The predicted molar refractivity (Wildman–Crippen MR) is 124 cm³/mol. The Morgan fingerprint density at radius 3 is 2.43 bits per heavy atom. The molecule has 6 heteroatoms. The molecule has 4 rings (SSSR count). The van der Waals surface area contributed by atoms with Crippen molar-refractivity contribution in [2.24, 2.45) is 0 Å². The first-order valence-corrected chi connectivity index (χ1v) is 10.1. The maximum absolute atomic E-state index is 13.2. The van der Waals surface area contributed by atoms with E-state index in [1.807, 2.05) is 49.4 Å². The van der Waals surface area contributed by atoms with E-state index in [4.69, 9.17) is 23.8 Å². The number of hydrogen-bond donors (Lipinski definition) is 1. The summed E-state index contributed by atoms with van der Waals surface area (Å²) in [5.74, 6) is -1.00. The summed E-state index contributed by atoms with van der Waals surface area (Å²) in [6, 6.07) is 22.4. The molecular weight excluding hydrogens is 416 g/mol. The van der Waals surface area contributed by atoms with E-state index in [2.05, 4.69) is 11.4 Å². The van der Waals surface area contributed by atoms with Gasteiger partial charge in [-0.1, -0.05) is 65.7 Å². The Hall–Kier alpha value is -3.28. The van der Waals surface area contributed by atoms with Gasteiger partial charge in [-0.25, -0.2) is 0 Å². The zero-order valence-corrected chi connectivity index (χ0v) is 17.6. The lowest BCUT2D eigenvalue weighted by Crippen LogP contribution is -2.54. The SMILES string of the molecule is Cc1cccc(-c2ccccc2/C=C2/C(=O)NC(=S)N(c3ccc(Cl)cc3)C2=O)c1. The van der Waals surface area contributed by atoms with Crippen molar-refractivity contribution in [2.75, 3.05) is 4.90 Å². The lowest BCUT2D eigenvalue weighted by molar-refractivity contribution is -0.122. The molecule has 0 spiro atoms. The summed E-state index contributed by atoms with van der Waals surface area (Å²) >= 11 is 11.2. The molecule has 1 heterocycles. The maximum Gasteiger partial charge on any atom is 0.270 e. The summed E-state index contributed by atoms with van der Waals surface area (Å²) in [5.41, 5.74) is 4.38. The Morgan fingerprint density at radius 2 is 1.70 bits per heavy atom.